The summed E-state index contributed by atoms with van der Waals surface area (Å²) in [6, 6.07) is 15.8. The van der Waals surface area contributed by atoms with E-state index in [-0.39, 0.29) is 51.0 Å². The van der Waals surface area contributed by atoms with Crippen molar-refractivity contribution >= 4 is 61.0 Å². The lowest BCUT2D eigenvalue weighted by Crippen LogP contribution is -2.37. The number of carbonyl (C=O) groups excluding carboxylic acids is 3. The van der Waals surface area contributed by atoms with Crippen LogP contribution < -0.4 is 10.2 Å². The summed E-state index contributed by atoms with van der Waals surface area (Å²) in [6.45, 7) is 0. The molecule has 0 aromatic heterocycles. The quantitative estimate of drug-likeness (QED) is 0.489. The molecule has 5 nitrogen and oxygen atoms in total. The van der Waals surface area contributed by atoms with Crippen LogP contribution in [0.3, 0.4) is 0 Å². The van der Waals surface area contributed by atoms with Crippen LogP contribution in [0.4, 0.5) is 11.4 Å². The minimum absolute atomic E-state index is 0.0996. The summed E-state index contributed by atoms with van der Waals surface area (Å²) in [6.07, 6.45) is 0.914. The van der Waals surface area contributed by atoms with E-state index in [1.54, 1.807) is 36.4 Å². The number of rotatable bonds is 3. The molecular formula is C22H18Br2N2O3. The predicted molar refractivity (Wildman–Crippen MR) is 117 cm³/mol. The Morgan fingerprint density at radius 2 is 1.41 bits per heavy atom. The van der Waals surface area contributed by atoms with E-state index in [0.29, 0.717) is 16.9 Å². The minimum Gasteiger partial charge on any atom is -0.322 e. The highest BCUT2D eigenvalue weighted by Gasteiger charge is 2.66. The molecule has 2 saturated carbocycles. The number of hydrogen-bond acceptors (Lipinski definition) is 3. The molecule has 29 heavy (non-hydrogen) atoms. The van der Waals surface area contributed by atoms with E-state index in [2.05, 4.69) is 37.2 Å². The fourth-order valence-electron chi connectivity index (χ4n) is 5.09. The van der Waals surface area contributed by atoms with Gasteiger partial charge in [-0.2, -0.15) is 0 Å². The SMILES string of the molecule is O=C(Nc1ccc(N2C(=O)[C@H]3[C@@H]4C[C@H]([C@@H](Br)[C@H]4Br)[C@@H]3C2=O)cc1)c1ccccc1. The first-order valence-corrected chi connectivity index (χ1v) is 11.4. The second kappa shape index (κ2) is 7.06. The van der Waals surface area contributed by atoms with Crippen molar-refractivity contribution in [2.75, 3.05) is 10.2 Å². The normalized spacial score (nSPS) is 32.6. The molecular weight excluding hydrogens is 500 g/mol. The molecule has 0 radical (unpaired) electrons. The number of nitrogens with zero attached hydrogens (tertiary/aromatic N) is 1. The zero-order valence-corrected chi connectivity index (χ0v) is 18.5. The van der Waals surface area contributed by atoms with Gasteiger partial charge in [-0.15, -0.1) is 0 Å². The number of fused-ring (bicyclic) bond motifs is 5. The van der Waals surface area contributed by atoms with E-state index in [1.807, 2.05) is 18.2 Å². The number of carbonyl (C=O) groups is 3. The van der Waals surface area contributed by atoms with Crippen molar-refractivity contribution in [2.45, 2.75) is 16.1 Å². The molecule has 3 fully saturated rings. The zero-order valence-electron chi connectivity index (χ0n) is 15.3. The van der Waals surface area contributed by atoms with Crippen molar-refractivity contribution in [3.8, 4) is 0 Å². The van der Waals surface area contributed by atoms with Gasteiger partial charge in [-0.1, -0.05) is 50.1 Å². The van der Waals surface area contributed by atoms with Crippen molar-refractivity contribution in [3.05, 3.63) is 60.2 Å². The Morgan fingerprint density at radius 1 is 0.862 bits per heavy atom. The average molecular weight is 518 g/mol. The van der Waals surface area contributed by atoms with Gasteiger partial charge in [0.15, 0.2) is 0 Å². The molecule has 1 N–H and O–H groups in total. The molecule has 1 saturated heterocycles. The Morgan fingerprint density at radius 3 is 1.97 bits per heavy atom. The highest BCUT2D eigenvalue weighted by atomic mass is 79.9. The predicted octanol–water partition coefficient (Wildman–Crippen LogP) is 4.22. The summed E-state index contributed by atoms with van der Waals surface area (Å²) >= 11 is 7.41. The Kier molecular flexibility index (Phi) is 4.62. The summed E-state index contributed by atoms with van der Waals surface area (Å²) in [5.74, 6) is -0.480. The van der Waals surface area contributed by atoms with E-state index in [0.717, 1.165) is 6.42 Å². The van der Waals surface area contributed by atoms with Crippen molar-refractivity contribution in [3.63, 3.8) is 0 Å². The molecule has 148 valence electrons. The van der Waals surface area contributed by atoms with Crippen LogP contribution in [-0.2, 0) is 9.59 Å². The van der Waals surface area contributed by atoms with Crippen molar-refractivity contribution in [2.24, 2.45) is 23.7 Å². The third-order valence-electron chi connectivity index (χ3n) is 6.41. The van der Waals surface area contributed by atoms with Crippen LogP contribution in [-0.4, -0.2) is 27.4 Å². The average Bonchev–Trinajstić information content (AvgIpc) is 3.34. The van der Waals surface area contributed by atoms with Crippen LogP contribution in [0.5, 0.6) is 0 Å². The summed E-state index contributed by atoms with van der Waals surface area (Å²) in [4.78, 5) is 40.2. The molecule has 5 rings (SSSR count). The number of imide groups is 1. The van der Waals surface area contributed by atoms with E-state index < -0.39 is 0 Å². The molecule has 0 unspecified atom stereocenters. The third-order valence-corrected chi connectivity index (χ3v) is 9.61. The first-order valence-electron chi connectivity index (χ1n) is 9.60. The van der Waals surface area contributed by atoms with Gasteiger partial charge in [-0.25, -0.2) is 0 Å². The molecule has 2 aromatic rings. The molecule has 6 atom stereocenters. The molecule has 2 aromatic carbocycles. The molecule has 0 spiro atoms. The number of hydrogen-bond donors (Lipinski definition) is 1. The van der Waals surface area contributed by atoms with Crippen LogP contribution in [0.25, 0.3) is 0 Å². The van der Waals surface area contributed by atoms with E-state index in [4.69, 9.17) is 0 Å². The number of alkyl halides is 2. The summed E-state index contributed by atoms with van der Waals surface area (Å²) in [5.41, 5.74) is 1.74. The van der Waals surface area contributed by atoms with Crippen LogP contribution in [0.2, 0.25) is 0 Å². The van der Waals surface area contributed by atoms with Crippen molar-refractivity contribution in [1.29, 1.82) is 0 Å². The second-order valence-electron chi connectivity index (χ2n) is 7.88. The van der Waals surface area contributed by atoms with Crippen molar-refractivity contribution < 1.29 is 14.4 Å². The lowest BCUT2D eigenvalue weighted by molar-refractivity contribution is -0.123. The van der Waals surface area contributed by atoms with E-state index >= 15 is 0 Å². The highest BCUT2D eigenvalue weighted by Crippen LogP contribution is 2.60. The number of benzene rings is 2. The Labute approximate surface area is 185 Å². The maximum atomic E-state index is 13.1. The molecule has 1 aliphatic heterocycles. The zero-order chi connectivity index (χ0) is 20.3. The highest BCUT2D eigenvalue weighted by molar-refractivity contribution is 9.12. The monoisotopic (exact) mass is 516 g/mol. The minimum atomic E-state index is -0.233. The lowest BCUT2D eigenvalue weighted by Gasteiger charge is -2.28. The number of anilines is 2. The molecule has 2 bridgehead atoms. The summed E-state index contributed by atoms with van der Waals surface area (Å²) in [7, 11) is 0. The number of nitrogens with one attached hydrogen (secondary N) is 1. The van der Waals surface area contributed by atoms with Crippen LogP contribution in [0.1, 0.15) is 16.8 Å². The maximum absolute atomic E-state index is 13.1. The number of halogens is 2. The van der Waals surface area contributed by atoms with Crippen molar-refractivity contribution in [1.82, 2.24) is 0 Å². The van der Waals surface area contributed by atoms with E-state index in [9.17, 15) is 14.4 Å². The first-order chi connectivity index (χ1) is 14.0. The molecule has 2 aliphatic carbocycles. The Bertz CT molecular complexity index is 963. The van der Waals surface area contributed by atoms with Gasteiger partial charge >= 0.3 is 0 Å². The van der Waals surface area contributed by atoms with Gasteiger partial charge in [0.2, 0.25) is 11.8 Å². The van der Waals surface area contributed by atoms with Gasteiger partial charge in [0, 0.05) is 20.9 Å². The van der Waals surface area contributed by atoms with Gasteiger partial charge in [0.05, 0.1) is 17.5 Å². The van der Waals surface area contributed by atoms with Gasteiger partial charge < -0.3 is 5.32 Å². The van der Waals surface area contributed by atoms with Crippen LogP contribution >= 0.6 is 31.9 Å². The van der Waals surface area contributed by atoms with Gasteiger partial charge in [0.1, 0.15) is 0 Å². The summed E-state index contributed by atoms with van der Waals surface area (Å²) < 4.78 is 0. The first kappa shape index (κ1) is 19.0. The summed E-state index contributed by atoms with van der Waals surface area (Å²) in [5, 5.41) is 2.83. The Hall–Kier alpha value is -1.99. The second-order valence-corrected chi connectivity index (χ2v) is 10.00. The smallest absolute Gasteiger partial charge is 0.255 e. The topological polar surface area (TPSA) is 66.5 Å². The van der Waals surface area contributed by atoms with Crippen LogP contribution in [0.15, 0.2) is 54.6 Å². The van der Waals surface area contributed by atoms with Crippen LogP contribution in [0, 0.1) is 23.7 Å². The molecule has 3 amide bonds. The number of amides is 3. The molecule has 3 aliphatic rings. The maximum Gasteiger partial charge on any atom is 0.255 e. The van der Waals surface area contributed by atoms with E-state index in [1.165, 1.54) is 4.90 Å². The fourth-order valence-corrected chi connectivity index (χ4v) is 6.96. The molecule has 1 heterocycles. The fraction of sp³-hybridized carbons (Fsp3) is 0.318. The Balaban J connectivity index is 1.35. The third kappa shape index (κ3) is 2.89. The van der Waals surface area contributed by atoms with Gasteiger partial charge in [0.25, 0.3) is 5.91 Å². The lowest BCUT2D eigenvalue weighted by atomic mass is 9.81. The largest absolute Gasteiger partial charge is 0.322 e. The van der Waals surface area contributed by atoms with Gasteiger partial charge in [-0.3, -0.25) is 19.3 Å². The molecule has 7 heteroatoms. The van der Waals surface area contributed by atoms with Gasteiger partial charge in [-0.05, 0) is 54.7 Å². The standard InChI is InChI=1S/C22H18Br2N2O3/c23-18-14-10-15(19(18)24)17-16(14)21(28)26(22(17)29)13-8-6-12(7-9-13)25-20(27)11-4-2-1-3-5-11/h1-9,14-19H,10H2,(H,25,27)/t14-,15-,16-,17-,18-,19+/m0/s1.